The SMILES string of the molecule is CCCC(NC(C)(C)C)C(O)C(C)=O. The molecule has 0 saturated carbocycles. The van der Waals surface area contributed by atoms with Crippen LogP contribution in [-0.4, -0.2) is 28.6 Å². The fraction of sp³-hybridized carbons (Fsp3) is 0.909. The standard InChI is InChI=1S/C11H23NO2/c1-6-7-9(10(14)8(2)13)12-11(3,4)5/h9-10,12,14H,6-7H2,1-5H3. The van der Waals surface area contributed by atoms with Crippen molar-refractivity contribution < 1.29 is 9.90 Å². The molecule has 0 radical (unpaired) electrons. The summed E-state index contributed by atoms with van der Waals surface area (Å²) in [4.78, 5) is 11.1. The van der Waals surface area contributed by atoms with Crippen molar-refractivity contribution in [2.24, 2.45) is 0 Å². The van der Waals surface area contributed by atoms with Crippen LogP contribution in [0.4, 0.5) is 0 Å². The van der Waals surface area contributed by atoms with Gasteiger partial charge in [0.25, 0.3) is 0 Å². The molecule has 0 saturated heterocycles. The molecule has 0 aromatic rings. The molecule has 0 aromatic heterocycles. The number of nitrogens with one attached hydrogen (secondary N) is 1. The lowest BCUT2D eigenvalue weighted by Gasteiger charge is -2.30. The van der Waals surface area contributed by atoms with Gasteiger partial charge in [-0.1, -0.05) is 13.3 Å². The van der Waals surface area contributed by atoms with Crippen molar-refractivity contribution in [3.8, 4) is 0 Å². The molecule has 3 nitrogen and oxygen atoms in total. The van der Waals surface area contributed by atoms with Gasteiger partial charge in [-0.15, -0.1) is 0 Å². The van der Waals surface area contributed by atoms with Crippen LogP contribution in [0.2, 0.25) is 0 Å². The second kappa shape index (κ2) is 5.47. The van der Waals surface area contributed by atoms with Gasteiger partial charge in [0.15, 0.2) is 5.78 Å². The van der Waals surface area contributed by atoms with Gasteiger partial charge in [0.05, 0.1) is 0 Å². The summed E-state index contributed by atoms with van der Waals surface area (Å²) in [7, 11) is 0. The second-order valence-electron chi connectivity index (χ2n) is 4.84. The van der Waals surface area contributed by atoms with Crippen LogP contribution in [0, 0.1) is 0 Å². The van der Waals surface area contributed by atoms with Crippen molar-refractivity contribution in [2.45, 2.75) is 65.1 Å². The normalized spacial score (nSPS) is 16.4. The molecule has 14 heavy (non-hydrogen) atoms. The fourth-order valence-electron chi connectivity index (χ4n) is 1.46. The molecule has 3 heteroatoms. The molecule has 0 heterocycles. The van der Waals surface area contributed by atoms with E-state index in [2.05, 4.69) is 5.32 Å². The maximum Gasteiger partial charge on any atom is 0.159 e. The number of rotatable bonds is 5. The van der Waals surface area contributed by atoms with Crippen molar-refractivity contribution >= 4 is 5.78 Å². The van der Waals surface area contributed by atoms with E-state index >= 15 is 0 Å². The molecule has 0 bridgehead atoms. The minimum absolute atomic E-state index is 0.0731. The van der Waals surface area contributed by atoms with Crippen LogP contribution in [0.5, 0.6) is 0 Å². The van der Waals surface area contributed by atoms with E-state index in [1.54, 1.807) is 0 Å². The van der Waals surface area contributed by atoms with E-state index in [9.17, 15) is 9.90 Å². The summed E-state index contributed by atoms with van der Waals surface area (Å²) in [6.45, 7) is 9.56. The monoisotopic (exact) mass is 201 g/mol. The number of carbonyl (C=O) groups is 1. The quantitative estimate of drug-likeness (QED) is 0.708. The third-order valence-electron chi connectivity index (χ3n) is 2.02. The number of hydrogen-bond donors (Lipinski definition) is 2. The molecule has 2 unspecified atom stereocenters. The maximum absolute atomic E-state index is 11.1. The zero-order valence-electron chi connectivity index (χ0n) is 9.92. The number of Topliss-reactive ketones (excluding diaryl/α,β-unsaturated/α-hetero) is 1. The zero-order valence-corrected chi connectivity index (χ0v) is 9.92. The number of carbonyl (C=O) groups excluding carboxylic acids is 1. The van der Waals surface area contributed by atoms with Crippen LogP contribution in [-0.2, 0) is 4.79 Å². The summed E-state index contributed by atoms with van der Waals surface area (Å²) in [5, 5.41) is 12.9. The van der Waals surface area contributed by atoms with E-state index < -0.39 is 6.10 Å². The van der Waals surface area contributed by atoms with E-state index in [0.717, 1.165) is 12.8 Å². The molecule has 0 aliphatic heterocycles. The summed E-state index contributed by atoms with van der Waals surface area (Å²) in [5.41, 5.74) is -0.0731. The van der Waals surface area contributed by atoms with Crippen molar-refractivity contribution in [3.63, 3.8) is 0 Å². The van der Waals surface area contributed by atoms with Crippen molar-refractivity contribution in [1.29, 1.82) is 0 Å². The molecule has 84 valence electrons. The average Bonchev–Trinajstić information content (AvgIpc) is 1.99. The Labute approximate surface area is 86.9 Å². The number of aliphatic hydroxyl groups is 1. The van der Waals surface area contributed by atoms with Gasteiger partial charge in [-0.25, -0.2) is 0 Å². The predicted octanol–water partition coefficient (Wildman–Crippen LogP) is 1.49. The summed E-state index contributed by atoms with van der Waals surface area (Å²) >= 11 is 0. The highest BCUT2D eigenvalue weighted by atomic mass is 16.3. The Hall–Kier alpha value is -0.410. The first-order valence-electron chi connectivity index (χ1n) is 5.24. The smallest absolute Gasteiger partial charge is 0.159 e. The van der Waals surface area contributed by atoms with E-state index in [0.29, 0.717) is 0 Å². The molecule has 0 spiro atoms. The first-order valence-corrected chi connectivity index (χ1v) is 5.24. The fourth-order valence-corrected chi connectivity index (χ4v) is 1.46. The number of hydrogen-bond acceptors (Lipinski definition) is 3. The zero-order chi connectivity index (χ0) is 11.4. The lowest BCUT2D eigenvalue weighted by Crippen LogP contribution is -2.51. The van der Waals surface area contributed by atoms with Crippen LogP contribution < -0.4 is 5.32 Å². The van der Waals surface area contributed by atoms with Gasteiger partial charge in [-0.05, 0) is 34.1 Å². The van der Waals surface area contributed by atoms with Gasteiger partial charge in [-0.2, -0.15) is 0 Å². The number of ketones is 1. The lowest BCUT2D eigenvalue weighted by molar-refractivity contribution is -0.126. The minimum Gasteiger partial charge on any atom is -0.384 e. The van der Waals surface area contributed by atoms with Gasteiger partial charge >= 0.3 is 0 Å². The lowest BCUT2D eigenvalue weighted by atomic mass is 9.98. The highest BCUT2D eigenvalue weighted by molar-refractivity contribution is 5.80. The Morgan fingerprint density at radius 1 is 1.43 bits per heavy atom. The van der Waals surface area contributed by atoms with Crippen LogP contribution in [0.1, 0.15) is 47.5 Å². The van der Waals surface area contributed by atoms with Gasteiger partial charge < -0.3 is 10.4 Å². The second-order valence-corrected chi connectivity index (χ2v) is 4.84. The van der Waals surface area contributed by atoms with Crippen LogP contribution in [0.25, 0.3) is 0 Å². The van der Waals surface area contributed by atoms with Gasteiger partial charge in [0.2, 0.25) is 0 Å². The Bertz CT molecular complexity index is 184. The molecule has 0 aliphatic rings. The molecule has 0 aromatic carbocycles. The van der Waals surface area contributed by atoms with E-state index in [1.807, 2.05) is 27.7 Å². The number of aliphatic hydroxyl groups excluding tert-OH is 1. The van der Waals surface area contributed by atoms with Crippen LogP contribution >= 0.6 is 0 Å². The minimum atomic E-state index is -0.880. The summed E-state index contributed by atoms with van der Waals surface area (Å²) in [6, 6.07) is -0.127. The molecular weight excluding hydrogens is 178 g/mol. The summed E-state index contributed by atoms with van der Waals surface area (Å²) in [5.74, 6) is -0.166. The topological polar surface area (TPSA) is 49.3 Å². The molecule has 2 atom stereocenters. The van der Waals surface area contributed by atoms with Crippen LogP contribution in [0.15, 0.2) is 0 Å². The highest BCUT2D eigenvalue weighted by Crippen LogP contribution is 2.09. The third-order valence-corrected chi connectivity index (χ3v) is 2.02. The van der Waals surface area contributed by atoms with Gasteiger partial charge in [0.1, 0.15) is 6.10 Å². The first-order chi connectivity index (χ1) is 6.28. The van der Waals surface area contributed by atoms with Crippen molar-refractivity contribution in [3.05, 3.63) is 0 Å². The molecular formula is C11H23NO2. The van der Waals surface area contributed by atoms with Crippen molar-refractivity contribution in [1.82, 2.24) is 5.32 Å². The molecule has 0 aliphatic carbocycles. The maximum atomic E-state index is 11.1. The summed E-state index contributed by atoms with van der Waals surface area (Å²) in [6.07, 6.45) is 0.894. The largest absolute Gasteiger partial charge is 0.384 e. The average molecular weight is 201 g/mol. The molecule has 2 N–H and O–H groups in total. The molecule has 0 fully saturated rings. The Morgan fingerprint density at radius 2 is 1.93 bits per heavy atom. The predicted molar refractivity (Wildman–Crippen MR) is 58.3 cm³/mol. The Kier molecular flexibility index (Phi) is 5.31. The molecule has 0 rings (SSSR count). The molecule has 0 amide bonds. The van der Waals surface area contributed by atoms with Gasteiger partial charge in [0, 0.05) is 11.6 Å². The highest BCUT2D eigenvalue weighted by Gasteiger charge is 2.25. The Morgan fingerprint density at radius 3 is 2.21 bits per heavy atom. The van der Waals surface area contributed by atoms with Crippen molar-refractivity contribution in [2.75, 3.05) is 0 Å². The van der Waals surface area contributed by atoms with E-state index in [-0.39, 0.29) is 17.4 Å². The van der Waals surface area contributed by atoms with E-state index in [1.165, 1.54) is 6.92 Å². The third kappa shape index (κ3) is 5.35. The Balaban J connectivity index is 4.36. The van der Waals surface area contributed by atoms with Crippen LogP contribution in [0.3, 0.4) is 0 Å². The van der Waals surface area contributed by atoms with Gasteiger partial charge in [-0.3, -0.25) is 4.79 Å². The van der Waals surface area contributed by atoms with E-state index in [4.69, 9.17) is 0 Å². The first kappa shape index (κ1) is 13.6. The summed E-state index contributed by atoms with van der Waals surface area (Å²) < 4.78 is 0.